The molecule has 0 aliphatic heterocycles. The molecule has 1 amide bonds. The first-order valence-corrected chi connectivity index (χ1v) is 11.7. The average Bonchev–Trinajstić information content (AvgIpc) is 3.34. The van der Waals surface area contributed by atoms with Gasteiger partial charge in [-0.25, -0.2) is 4.68 Å². The minimum atomic E-state index is -0.206. The molecule has 0 aliphatic carbocycles. The lowest BCUT2D eigenvalue weighted by molar-refractivity contribution is -0.121. The van der Waals surface area contributed by atoms with Crippen LogP contribution in [0.5, 0.6) is 0 Å². The van der Waals surface area contributed by atoms with Crippen LogP contribution >= 0.6 is 11.8 Å². The minimum Gasteiger partial charge on any atom is -0.346 e. The third-order valence-corrected chi connectivity index (χ3v) is 6.02. The Labute approximate surface area is 185 Å². The Morgan fingerprint density at radius 3 is 2.65 bits per heavy atom. The van der Waals surface area contributed by atoms with Crippen LogP contribution < -0.4 is 5.32 Å². The molecule has 4 aromatic rings. The zero-order valence-electron chi connectivity index (χ0n) is 17.9. The number of carbonyl (C=O) groups excluding carboxylic acids is 1. The third kappa shape index (κ3) is 4.49. The molecule has 3 aromatic heterocycles. The molecule has 0 fully saturated rings. The molecule has 31 heavy (non-hydrogen) atoms. The van der Waals surface area contributed by atoms with Crippen molar-refractivity contribution in [2.24, 2.45) is 0 Å². The number of nitrogens with zero attached hydrogens (tertiary/aromatic N) is 5. The Hall–Kier alpha value is -3.13. The van der Waals surface area contributed by atoms with Crippen molar-refractivity contribution in [3.05, 3.63) is 77.5 Å². The van der Waals surface area contributed by atoms with E-state index in [-0.39, 0.29) is 18.4 Å². The van der Waals surface area contributed by atoms with Gasteiger partial charge in [-0.3, -0.25) is 9.20 Å². The second-order valence-electron chi connectivity index (χ2n) is 7.46. The van der Waals surface area contributed by atoms with Crippen molar-refractivity contribution in [1.82, 2.24) is 29.7 Å². The molecule has 0 bridgehead atoms. The molecule has 1 N–H and O–H groups in total. The number of aryl methyl sites for hydroxylation is 1. The number of hydrogen-bond donors (Lipinski definition) is 1. The summed E-state index contributed by atoms with van der Waals surface area (Å²) in [5.74, 6) is 1.63. The van der Waals surface area contributed by atoms with Gasteiger partial charge in [0, 0.05) is 17.5 Å². The van der Waals surface area contributed by atoms with Crippen molar-refractivity contribution >= 4 is 23.3 Å². The van der Waals surface area contributed by atoms with Gasteiger partial charge in [0.15, 0.2) is 11.5 Å². The van der Waals surface area contributed by atoms with Crippen molar-refractivity contribution in [2.75, 3.05) is 12.0 Å². The van der Waals surface area contributed by atoms with Gasteiger partial charge < -0.3 is 5.32 Å². The van der Waals surface area contributed by atoms with Gasteiger partial charge in [-0.05, 0) is 56.5 Å². The van der Waals surface area contributed by atoms with Gasteiger partial charge in [0.25, 0.3) is 0 Å². The quantitative estimate of drug-likeness (QED) is 0.458. The molecule has 0 radical (unpaired) electrons. The van der Waals surface area contributed by atoms with Crippen molar-refractivity contribution in [3.63, 3.8) is 0 Å². The van der Waals surface area contributed by atoms with Gasteiger partial charge in [-0.15, -0.1) is 10.2 Å². The monoisotopic (exact) mass is 434 g/mol. The maximum absolute atomic E-state index is 13.1. The van der Waals surface area contributed by atoms with Crippen molar-refractivity contribution in [1.29, 1.82) is 0 Å². The smallest absolute Gasteiger partial charge is 0.225 e. The SMILES string of the molecule is CSCC[C@H](NC(=O)Cc1c(C)nn(-c2ccccc2)c1C)c1nnc2ccccn12. The number of hydrogen-bond acceptors (Lipinski definition) is 5. The van der Waals surface area contributed by atoms with Crippen LogP contribution in [-0.2, 0) is 11.2 Å². The van der Waals surface area contributed by atoms with Gasteiger partial charge in [0.1, 0.15) is 0 Å². The second-order valence-corrected chi connectivity index (χ2v) is 8.45. The van der Waals surface area contributed by atoms with Crippen LogP contribution in [-0.4, -0.2) is 42.3 Å². The van der Waals surface area contributed by atoms with E-state index < -0.39 is 0 Å². The molecule has 0 saturated carbocycles. The summed E-state index contributed by atoms with van der Waals surface area (Å²) < 4.78 is 3.84. The molecule has 0 spiro atoms. The average molecular weight is 435 g/mol. The highest BCUT2D eigenvalue weighted by atomic mass is 32.2. The zero-order chi connectivity index (χ0) is 21.8. The van der Waals surface area contributed by atoms with E-state index in [0.29, 0.717) is 0 Å². The van der Waals surface area contributed by atoms with E-state index in [1.807, 2.05) is 77.7 Å². The minimum absolute atomic E-state index is 0.0439. The number of carbonyl (C=O) groups is 1. The largest absolute Gasteiger partial charge is 0.346 e. The standard InChI is InChI=1S/C23H26N6OS/c1-16-19(17(2)29(27-16)18-9-5-4-6-10-18)15-22(30)24-20(12-14-31-3)23-26-25-21-11-7-8-13-28(21)23/h4-11,13,20H,12,14-15H2,1-3H3,(H,24,30)/t20-/m0/s1. The van der Waals surface area contributed by atoms with Crippen LogP contribution in [0.15, 0.2) is 54.7 Å². The second kappa shape index (κ2) is 9.34. The molecule has 0 aliphatic rings. The van der Waals surface area contributed by atoms with Crippen molar-refractivity contribution < 1.29 is 4.79 Å². The highest BCUT2D eigenvalue weighted by molar-refractivity contribution is 7.98. The molecule has 4 rings (SSSR count). The first kappa shape index (κ1) is 21.1. The summed E-state index contributed by atoms with van der Waals surface area (Å²) in [6.45, 7) is 3.96. The Bertz CT molecular complexity index is 1180. The molecule has 160 valence electrons. The van der Waals surface area contributed by atoms with Crippen molar-refractivity contribution in [2.45, 2.75) is 32.7 Å². The number of fused-ring (bicyclic) bond motifs is 1. The van der Waals surface area contributed by atoms with Crippen LogP contribution in [0.1, 0.15) is 35.2 Å². The molecule has 7 nitrogen and oxygen atoms in total. The van der Waals surface area contributed by atoms with E-state index in [9.17, 15) is 4.79 Å². The van der Waals surface area contributed by atoms with Crippen LogP contribution in [0.4, 0.5) is 0 Å². The van der Waals surface area contributed by atoms with Crippen LogP contribution in [0, 0.1) is 13.8 Å². The number of pyridine rings is 1. The van der Waals surface area contributed by atoms with Gasteiger partial charge >= 0.3 is 0 Å². The predicted molar refractivity (Wildman–Crippen MR) is 124 cm³/mol. The number of nitrogens with one attached hydrogen (secondary N) is 1. The van der Waals surface area contributed by atoms with E-state index in [2.05, 4.69) is 26.9 Å². The highest BCUT2D eigenvalue weighted by Crippen LogP contribution is 2.21. The topological polar surface area (TPSA) is 77.1 Å². The van der Waals surface area contributed by atoms with E-state index >= 15 is 0 Å². The highest BCUT2D eigenvalue weighted by Gasteiger charge is 2.22. The number of para-hydroxylation sites is 1. The van der Waals surface area contributed by atoms with Crippen LogP contribution in [0.25, 0.3) is 11.3 Å². The van der Waals surface area contributed by atoms with E-state index in [1.54, 1.807) is 11.8 Å². The number of amides is 1. The first-order valence-electron chi connectivity index (χ1n) is 10.3. The van der Waals surface area contributed by atoms with Gasteiger partial charge in [0.05, 0.1) is 23.8 Å². The lowest BCUT2D eigenvalue weighted by atomic mass is 10.1. The fourth-order valence-corrected chi connectivity index (χ4v) is 4.23. The van der Waals surface area contributed by atoms with Gasteiger partial charge in [0.2, 0.25) is 5.91 Å². The maximum atomic E-state index is 13.1. The van der Waals surface area contributed by atoms with E-state index in [0.717, 1.165) is 46.3 Å². The number of aromatic nitrogens is 5. The molecule has 3 heterocycles. The predicted octanol–water partition coefficient (Wildman–Crippen LogP) is 3.68. The molecular weight excluding hydrogens is 408 g/mol. The maximum Gasteiger partial charge on any atom is 0.225 e. The normalized spacial score (nSPS) is 12.2. The van der Waals surface area contributed by atoms with E-state index in [4.69, 9.17) is 0 Å². The fourth-order valence-electron chi connectivity index (χ4n) is 3.76. The van der Waals surface area contributed by atoms with Crippen molar-refractivity contribution in [3.8, 4) is 5.69 Å². The lowest BCUT2D eigenvalue weighted by Crippen LogP contribution is -2.31. The van der Waals surface area contributed by atoms with E-state index in [1.165, 1.54) is 0 Å². The number of rotatable bonds is 8. The van der Waals surface area contributed by atoms with Crippen LogP contribution in [0.3, 0.4) is 0 Å². The van der Waals surface area contributed by atoms with Gasteiger partial charge in [-0.2, -0.15) is 16.9 Å². The summed E-state index contributed by atoms with van der Waals surface area (Å²) in [6, 6.07) is 15.5. The van der Waals surface area contributed by atoms with Crippen LogP contribution in [0.2, 0.25) is 0 Å². The number of thioether (sulfide) groups is 1. The Balaban J connectivity index is 1.55. The molecule has 0 unspecified atom stereocenters. The Kier molecular flexibility index (Phi) is 6.36. The summed E-state index contributed by atoms with van der Waals surface area (Å²) in [4.78, 5) is 13.1. The summed E-state index contributed by atoms with van der Waals surface area (Å²) >= 11 is 1.75. The fraction of sp³-hybridized carbons (Fsp3) is 0.304. The Morgan fingerprint density at radius 1 is 1.10 bits per heavy atom. The molecule has 0 saturated heterocycles. The molecule has 1 atom stereocenters. The number of benzene rings is 1. The van der Waals surface area contributed by atoms with Gasteiger partial charge in [-0.1, -0.05) is 24.3 Å². The molecular formula is C23H26N6OS. The first-order chi connectivity index (χ1) is 15.1. The summed E-state index contributed by atoms with van der Waals surface area (Å²) in [5, 5.41) is 16.5. The third-order valence-electron chi connectivity index (χ3n) is 5.38. The molecule has 1 aromatic carbocycles. The lowest BCUT2D eigenvalue weighted by Gasteiger charge is -2.17. The summed E-state index contributed by atoms with van der Waals surface area (Å²) in [7, 11) is 0. The zero-order valence-corrected chi connectivity index (χ0v) is 18.8. The Morgan fingerprint density at radius 2 is 1.87 bits per heavy atom. The molecule has 8 heteroatoms. The summed E-state index contributed by atoms with van der Waals surface area (Å²) in [6.07, 6.45) is 5.05. The summed E-state index contributed by atoms with van der Waals surface area (Å²) in [5.41, 5.74) is 4.56.